The Morgan fingerprint density at radius 2 is 1.94 bits per heavy atom. The molecule has 2 fully saturated rings. The second-order valence-electron chi connectivity index (χ2n) is 5.44. The Labute approximate surface area is 108 Å². The third-order valence-electron chi connectivity index (χ3n) is 4.59. The molecule has 4 heteroatoms. The average molecular weight is 250 g/mol. The Balaban J connectivity index is 1.86. The number of nitrogens with zero attached hydrogens (tertiary/aromatic N) is 1. The normalized spacial score (nSPS) is 26.3. The van der Waals surface area contributed by atoms with Crippen LogP contribution in [0.4, 0.5) is 0 Å². The van der Waals surface area contributed by atoms with Crippen LogP contribution in [-0.4, -0.2) is 36.7 Å². The minimum atomic E-state index is 0.0526. The molecular weight excluding hydrogens is 228 g/mol. The molecular formula is C14H22N2O2. The molecule has 3 rings (SSSR count). The van der Waals surface area contributed by atoms with E-state index in [-0.39, 0.29) is 11.6 Å². The maximum absolute atomic E-state index is 6.57. The lowest BCUT2D eigenvalue weighted by molar-refractivity contribution is -0.0312. The van der Waals surface area contributed by atoms with Crippen LogP contribution in [0.2, 0.25) is 0 Å². The van der Waals surface area contributed by atoms with Gasteiger partial charge in [-0.05, 0) is 18.9 Å². The van der Waals surface area contributed by atoms with E-state index in [9.17, 15) is 0 Å². The van der Waals surface area contributed by atoms with Crippen LogP contribution in [0.5, 0.6) is 0 Å². The summed E-state index contributed by atoms with van der Waals surface area (Å²) in [6.45, 7) is 3.68. The lowest BCUT2D eigenvalue weighted by Crippen LogP contribution is -2.57. The molecule has 100 valence electrons. The molecule has 0 bridgehead atoms. The van der Waals surface area contributed by atoms with Gasteiger partial charge in [0, 0.05) is 24.2 Å². The summed E-state index contributed by atoms with van der Waals surface area (Å²) < 4.78 is 10.7. The standard InChI is InChI=1S/C14H22N2O2/c15-13(12-3-8-18-11-12)14(4-1-2-5-14)16-6-9-17-10-7-16/h3,8,11,13H,1-2,4-7,9-10,15H2. The van der Waals surface area contributed by atoms with E-state index in [1.807, 2.05) is 6.07 Å². The number of ether oxygens (including phenoxy) is 1. The quantitative estimate of drug-likeness (QED) is 0.890. The van der Waals surface area contributed by atoms with Gasteiger partial charge in [-0.1, -0.05) is 12.8 Å². The van der Waals surface area contributed by atoms with E-state index in [1.54, 1.807) is 12.5 Å². The van der Waals surface area contributed by atoms with Crippen molar-refractivity contribution in [2.45, 2.75) is 37.3 Å². The Morgan fingerprint density at radius 3 is 2.56 bits per heavy atom. The van der Waals surface area contributed by atoms with E-state index < -0.39 is 0 Å². The highest BCUT2D eigenvalue weighted by Gasteiger charge is 2.45. The van der Waals surface area contributed by atoms with Crippen molar-refractivity contribution in [3.05, 3.63) is 24.2 Å². The van der Waals surface area contributed by atoms with Crippen molar-refractivity contribution in [3.8, 4) is 0 Å². The van der Waals surface area contributed by atoms with Crippen LogP contribution in [0, 0.1) is 0 Å². The fraction of sp³-hybridized carbons (Fsp3) is 0.714. The summed E-state index contributed by atoms with van der Waals surface area (Å²) in [5, 5.41) is 0. The van der Waals surface area contributed by atoms with E-state index in [4.69, 9.17) is 14.9 Å². The van der Waals surface area contributed by atoms with E-state index in [1.165, 1.54) is 25.7 Å². The molecule has 0 spiro atoms. The molecule has 0 amide bonds. The fourth-order valence-electron chi connectivity index (χ4n) is 3.58. The SMILES string of the molecule is NC(c1ccoc1)C1(N2CCOCC2)CCCC1. The molecule has 1 atom stereocenters. The Bertz CT molecular complexity index is 365. The molecule has 1 saturated carbocycles. The third kappa shape index (κ3) is 1.98. The van der Waals surface area contributed by atoms with Crippen LogP contribution < -0.4 is 5.73 Å². The summed E-state index contributed by atoms with van der Waals surface area (Å²) in [5.74, 6) is 0. The van der Waals surface area contributed by atoms with Crippen molar-refractivity contribution < 1.29 is 9.15 Å². The van der Waals surface area contributed by atoms with E-state index in [2.05, 4.69) is 4.90 Å². The van der Waals surface area contributed by atoms with Gasteiger partial charge in [0.15, 0.2) is 0 Å². The molecule has 0 aromatic carbocycles. The van der Waals surface area contributed by atoms with Gasteiger partial charge in [-0.25, -0.2) is 0 Å². The van der Waals surface area contributed by atoms with Crippen LogP contribution in [-0.2, 0) is 4.74 Å². The number of furan rings is 1. The lowest BCUT2D eigenvalue weighted by atomic mass is 9.83. The predicted octanol–water partition coefficient (Wildman–Crippen LogP) is 1.92. The summed E-state index contributed by atoms with van der Waals surface area (Å²) >= 11 is 0. The van der Waals surface area contributed by atoms with Gasteiger partial charge in [0.1, 0.15) is 0 Å². The first-order valence-corrected chi connectivity index (χ1v) is 6.93. The van der Waals surface area contributed by atoms with Crippen molar-refractivity contribution >= 4 is 0 Å². The predicted molar refractivity (Wildman–Crippen MR) is 69.2 cm³/mol. The van der Waals surface area contributed by atoms with Gasteiger partial charge in [-0.15, -0.1) is 0 Å². The summed E-state index contributed by atoms with van der Waals surface area (Å²) in [4.78, 5) is 2.56. The minimum Gasteiger partial charge on any atom is -0.472 e. The first-order chi connectivity index (χ1) is 8.83. The highest BCUT2D eigenvalue weighted by Crippen LogP contribution is 2.43. The molecule has 1 aromatic rings. The Kier molecular flexibility index (Phi) is 3.41. The van der Waals surface area contributed by atoms with Gasteiger partial charge in [0.25, 0.3) is 0 Å². The zero-order chi connectivity index (χ0) is 12.4. The fourth-order valence-corrected chi connectivity index (χ4v) is 3.58. The molecule has 2 heterocycles. The molecule has 2 N–H and O–H groups in total. The second-order valence-corrected chi connectivity index (χ2v) is 5.44. The topological polar surface area (TPSA) is 51.6 Å². The van der Waals surface area contributed by atoms with Crippen LogP contribution >= 0.6 is 0 Å². The first-order valence-electron chi connectivity index (χ1n) is 6.93. The highest BCUT2D eigenvalue weighted by atomic mass is 16.5. The van der Waals surface area contributed by atoms with E-state index in [0.717, 1.165) is 31.9 Å². The van der Waals surface area contributed by atoms with Crippen LogP contribution in [0.15, 0.2) is 23.0 Å². The number of morpholine rings is 1. The number of hydrogen-bond donors (Lipinski definition) is 1. The van der Waals surface area contributed by atoms with Gasteiger partial charge >= 0.3 is 0 Å². The molecule has 1 saturated heterocycles. The van der Waals surface area contributed by atoms with Crippen LogP contribution in [0.3, 0.4) is 0 Å². The largest absolute Gasteiger partial charge is 0.472 e. The Morgan fingerprint density at radius 1 is 1.22 bits per heavy atom. The zero-order valence-corrected chi connectivity index (χ0v) is 10.8. The van der Waals surface area contributed by atoms with Gasteiger partial charge < -0.3 is 14.9 Å². The van der Waals surface area contributed by atoms with Crippen molar-refractivity contribution in [3.63, 3.8) is 0 Å². The number of rotatable bonds is 3. The van der Waals surface area contributed by atoms with Crippen molar-refractivity contribution in [1.29, 1.82) is 0 Å². The third-order valence-corrected chi connectivity index (χ3v) is 4.59. The van der Waals surface area contributed by atoms with Gasteiger partial charge in [0.05, 0.1) is 31.8 Å². The first kappa shape index (κ1) is 12.2. The van der Waals surface area contributed by atoms with Gasteiger partial charge in [0.2, 0.25) is 0 Å². The van der Waals surface area contributed by atoms with Crippen molar-refractivity contribution in [2.24, 2.45) is 5.73 Å². The molecule has 1 aliphatic carbocycles. The molecule has 0 radical (unpaired) electrons. The molecule has 1 unspecified atom stereocenters. The molecule has 1 aromatic heterocycles. The second kappa shape index (κ2) is 5.03. The van der Waals surface area contributed by atoms with E-state index >= 15 is 0 Å². The summed E-state index contributed by atoms with van der Waals surface area (Å²) in [5.41, 5.74) is 7.81. The summed E-state index contributed by atoms with van der Waals surface area (Å²) in [6, 6.07) is 2.06. The maximum Gasteiger partial charge on any atom is 0.0951 e. The maximum atomic E-state index is 6.57. The molecule has 1 aliphatic heterocycles. The Hall–Kier alpha value is -0.840. The minimum absolute atomic E-state index is 0.0526. The molecule has 2 aliphatic rings. The monoisotopic (exact) mass is 250 g/mol. The number of nitrogens with two attached hydrogens (primary N) is 1. The molecule has 4 nitrogen and oxygen atoms in total. The average Bonchev–Trinajstić information content (AvgIpc) is 3.11. The van der Waals surface area contributed by atoms with Crippen LogP contribution in [0.25, 0.3) is 0 Å². The van der Waals surface area contributed by atoms with Crippen molar-refractivity contribution in [2.75, 3.05) is 26.3 Å². The lowest BCUT2D eigenvalue weighted by Gasteiger charge is -2.46. The smallest absolute Gasteiger partial charge is 0.0951 e. The zero-order valence-electron chi connectivity index (χ0n) is 10.8. The van der Waals surface area contributed by atoms with Crippen LogP contribution in [0.1, 0.15) is 37.3 Å². The van der Waals surface area contributed by atoms with Gasteiger partial charge in [-0.3, -0.25) is 4.90 Å². The summed E-state index contributed by atoms with van der Waals surface area (Å²) in [6.07, 6.45) is 8.47. The highest BCUT2D eigenvalue weighted by molar-refractivity contribution is 5.19. The molecule has 18 heavy (non-hydrogen) atoms. The number of hydrogen-bond acceptors (Lipinski definition) is 4. The van der Waals surface area contributed by atoms with E-state index in [0.29, 0.717) is 0 Å². The van der Waals surface area contributed by atoms with Gasteiger partial charge in [-0.2, -0.15) is 0 Å². The summed E-state index contributed by atoms with van der Waals surface area (Å²) in [7, 11) is 0. The van der Waals surface area contributed by atoms with Crippen molar-refractivity contribution in [1.82, 2.24) is 4.90 Å².